The summed E-state index contributed by atoms with van der Waals surface area (Å²) in [6.07, 6.45) is 1.51. The third-order valence-electron chi connectivity index (χ3n) is 3.50. The van der Waals surface area contributed by atoms with E-state index >= 15 is 0 Å². The van der Waals surface area contributed by atoms with Gasteiger partial charge in [-0.05, 0) is 80.3 Å². The summed E-state index contributed by atoms with van der Waals surface area (Å²) in [5.74, 6) is 0.744. The SMILES string of the molecule is Cc1cc(Br)c(NC(=O)/C(C#N)=C/c2ccc3c(c2)OCO3)c(Br)c1. The van der Waals surface area contributed by atoms with Crippen molar-refractivity contribution in [1.29, 1.82) is 5.26 Å². The number of nitrogens with zero attached hydrogens (tertiary/aromatic N) is 1. The van der Waals surface area contributed by atoms with Gasteiger partial charge in [-0.3, -0.25) is 4.79 Å². The molecule has 1 aliphatic rings. The van der Waals surface area contributed by atoms with Gasteiger partial charge in [-0.15, -0.1) is 0 Å². The zero-order valence-electron chi connectivity index (χ0n) is 13.1. The van der Waals surface area contributed by atoms with E-state index in [9.17, 15) is 10.1 Å². The van der Waals surface area contributed by atoms with Gasteiger partial charge in [-0.1, -0.05) is 6.07 Å². The number of fused-ring (bicyclic) bond motifs is 1. The van der Waals surface area contributed by atoms with Crippen LogP contribution in [-0.4, -0.2) is 12.7 Å². The molecule has 2 aromatic carbocycles. The molecular weight excluding hydrogens is 452 g/mol. The highest BCUT2D eigenvalue weighted by Gasteiger charge is 2.16. The predicted octanol–water partition coefficient (Wildman–Crippen LogP) is 4.79. The molecule has 25 heavy (non-hydrogen) atoms. The van der Waals surface area contributed by atoms with Crippen LogP contribution < -0.4 is 14.8 Å². The lowest BCUT2D eigenvalue weighted by atomic mass is 10.1. The van der Waals surface area contributed by atoms with Gasteiger partial charge < -0.3 is 14.8 Å². The maximum atomic E-state index is 12.5. The predicted molar refractivity (Wildman–Crippen MR) is 101 cm³/mol. The Kier molecular flexibility index (Phi) is 5.11. The molecule has 0 spiro atoms. The lowest BCUT2D eigenvalue weighted by molar-refractivity contribution is -0.112. The van der Waals surface area contributed by atoms with E-state index in [0.29, 0.717) is 22.7 Å². The summed E-state index contributed by atoms with van der Waals surface area (Å²) in [4.78, 5) is 12.5. The molecule has 0 bridgehead atoms. The number of hydrogen-bond acceptors (Lipinski definition) is 4. The normalized spacial score (nSPS) is 12.6. The highest BCUT2D eigenvalue weighted by Crippen LogP contribution is 2.34. The van der Waals surface area contributed by atoms with Crippen molar-refractivity contribution in [2.24, 2.45) is 0 Å². The number of nitrogens with one attached hydrogen (secondary N) is 1. The Morgan fingerprint density at radius 1 is 1.20 bits per heavy atom. The van der Waals surface area contributed by atoms with Gasteiger partial charge in [0.1, 0.15) is 11.6 Å². The van der Waals surface area contributed by atoms with E-state index in [4.69, 9.17) is 9.47 Å². The summed E-state index contributed by atoms with van der Waals surface area (Å²) >= 11 is 6.84. The third kappa shape index (κ3) is 3.86. The van der Waals surface area contributed by atoms with Gasteiger partial charge in [0.15, 0.2) is 11.5 Å². The molecule has 0 fully saturated rings. The highest BCUT2D eigenvalue weighted by atomic mass is 79.9. The number of benzene rings is 2. The fourth-order valence-corrected chi connectivity index (χ4v) is 3.93. The zero-order valence-corrected chi connectivity index (χ0v) is 16.3. The van der Waals surface area contributed by atoms with Gasteiger partial charge in [-0.25, -0.2) is 0 Å². The van der Waals surface area contributed by atoms with E-state index in [0.717, 1.165) is 14.5 Å². The Hall–Kier alpha value is -2.30. The first kappa shape index (κ1) is 17.5. The first-order valence-corrected chi connectivity index (χ1v) is 8.85. The molecule has 1 amide bonds. The molecule has 3 rings (SSSR count). The fraction of sp³-hybridized carbons (Fsp3) is 0.111. The first-order chi connectivity index (χ1) is 12.0. The van der Waals surface area contributed by atoms with E-state index in [1.807, 2.05) is 25.1 Å². The minimum atomic E-state index is -0.495. The second-order valence-corrected chi connectivity index (χ2v) is 7.05. The van der Waals surface area contributed by atoms with Crippen LogP contribution in [0.3, 0.4) is 0 Å². The second-order valence-electron chi connectivity index (χ2n) is 5.34. The summed E-state index contributed by atoms with van der Waals surface area (Å²) in [5.41, 5.74) is 2.27. The summed E-state index contributed by atoms with van der Waals surface area (Å²) in [5, 5.41) is 12.1. The van der Waals surface area contributed by atoms with Gasteiger partial charge in [0.2, 0.25) is 6.79 Å². The first-order valence-electron chi connectivity index (χ1n) is 7.26. The molecule has 0 aliphatic carbocycles. The van der Waals surface area contributed by atoms with E-state index in [2.05, 4.69) is 37.2 Å². The lowest BCUT2D eigenvalue weighted by Crippen LogP contribution is -2.14. The molecule has 0 saturated carbocycles. The number of rotatable bonds is 3. The average molecular weight is 464 g/mol. The number of nitriles is 1. The van der Waals surface area contributed by atoms with Crippen LogP contribution in [0.1, 0.15) is 11.1 Å². The van der Waals surface area contributed by atoms with Crippen molar-refractivity contribution in [3.05, 3.63) is 56.0 Å². The number of carbonyl (C=O) groups excluding carboxylic acids is 1. The van der Waals surface area contributed by atoms with Crippen LogP contribution in [0, 0.1) is 18.3 Å². The van der Waals surface area contributed by atoms with Crippen LogP contribution in [0.25, 0.3) is 6.08 Å². The Morgan fingerprint density at radius 2 is 1.88 bits per heavy atom. The number of carbonyl (C=O) groups is 1. The monoisotopic (exact) mass is 462 g/mol. The zero-order chi connectivity index (χ0) is 18.0. The van der Waals surface area contributed by atoms with Crippen LogP contribution in [0.5, 0.6) is 11.5 Å². The Balaban J connectivity index is 1.86. The average Bonchev–Trinajstić information content (AvgIpc) is 3.03. The lowest BCUT2D eigenvalue weighted by Gasteiger charge is -2.10. The standard InChI is InChI=1S/C18H12Br2N2O3/c1-10-4-13(19)17(14(20)5-10)22-18(23)12(8-21)6-11-2-3-15-16(7-11)25-9-24-15/h2-7H,9H2,1H3,(H,22,23)/b12-6+. The fourth-order valence-electron chi connectivity index (χ4n) is 2.32. The minimum Gasteiger partial charge on any atom is -0.454 e. The molecule has 0 radical (unpaired) electrons. The van der Waals surface area contributed by atoms with Gasteiger partial charge in [0, 0.05) is 8.95 Å². The molecule has 126 valence electrons. The summed E-state index contributed by atoms with van der Waals surface area (Å²) < 4.78 is 12.0. The topological polar surface area (TPSA) is 71.4 Å². The molecule has 5 nitrogen and oxygen atoms in total. The van der Waals surface area contributed by atoms with Crippen LogP contribution in [0.2, 0.25) is 0 Å². The van der Waals surface area contributed by atoms with Gasteiger partial charge >= 0.3 is 0 Å². The number of hydrogen-bond donors (Lipinski definition) is 1. The van der Waals surface area contributed by atoms with E-state index in [1.165, 1.54) is 6.08 Å². The number of anilines is 1. The van der Waals surface area contributed by atoms with Crippen LogP contribution in [0.4, 0.5) is 5.69 Å². The van der Waals surface area contributed by atoms with Crippen molar-refractivity contribution < 1.29 is 14.3 Å². The maximum absolute atomic E-state index is 12.5. The number of ether oxygens (including phenoxy) is 2. The molecule has 7 heteroatoms. The van der Waals surface area contributed by atoms with Crippen LogP contribution in [-0.2, 0) is 4.79 Å². The smallest absolute Gasteiger partial charge is 0.266 e. The quantitative estimate of drug-likeness (QED) is 0.524. The minimum absolute atomic E-state index is 0.0155. The van der Waals surface area contributed by atoms with Crippen molar-refractivity contribution in [1.82, 2.24) is 0 Å². The van der Waals surface area contributed by atoms with Crippen molar-refractivity contribution in [2.45, 2.75) is 6.92 Å². The Labute approximate surface area is 161 Å². The molecule has 0 atom stereocenters. The largest absolute Gasteiger partial charge is 0.454 e. The van der Waals surface area contributed by atoms with Gasteiger partial charge in [-0.2, -0.15) is 5.26 Å². The van der Waals surface area contributed by atoms with Crippen molar-refractivity contribution in [3.8, 4) is 17.6 Å². The summed E-state index contributed by atoms with van der Waals surface area (Å²) in [7, 11) is 0. The van der Waals surface area contributed by atoms with E-state index in [1.54, 1.807) is 18.2 Å². The van der Waals surface area contributed by atoms with Gasteiger partial charge in [0.05, 0.1) is 5.69 Å². The molecule has 1 N–H and O–H groups in total. The highest BCUT2D eigenvalue weighted by molar-refractivity contribution is 9.11. The Bertz CT molecular complexity index is 909. The molecule has 1 heterocycles. The van der Waals surface area contributed by atoms with E-state index in [-0.39, 0.29) is 12.4 Å². The molecule has 0 unspecified atom stereocenters. The summed E-state index contributed by atoms with van der Waals surface area (Å²) in [6, 6.07) is 10.9. The van der Waals surface area contributed by atoms with Gasteiger partial charge in [0.25, 0.3) is 5.91 Å². The molecular formula is C18H12Br2N2O3. The Morgan fingerprint density at radius 3 is 2.56 bits per heavy atom. The molecule has 1 aliphatic heterocycles. The molecule has 2 aromatic rings. The van der Waals surface area contributed by atoms with Crippen molar-refractivity contribution in [3.63, 3.8) is 0 Å². The van der Waals surface area contributed by atoms with Crippen molar-refractivity contribution in [2.75, 3.05) is 12.1 Å². The van der Waals surface area contributed by atoms with Crippen LogP contribution in [0.15, 0.2) is 44.9 Å². The molecule has 0 saturated heterocycles. The second kappa shape index (κ2) is 7.30. The number of amides is 1. The van der Waals surface area contributed by atoms with Crippen LogP contribution >= 0.6 is 31.9 Å². The number of aryl methyl sites for hydroxylation is 1. The maximum Gasteiger partial charge on any atom is 0.266 e. The van der Waals surface area contributed by atoms with Crippen molar-refractivity contribution >= 4 is 49.5 Å². The summed E-state index contributed by atoms with van der Waals surface area (Å²) in [6.45, 7) is 2.12. The third-order valence-corrected chi connectivity index (χ3v) is 4.75. The van der Waals surface area contributed by atoms with E-state index < -0.39 is 5.91 Å². The number of halogens is 2. The molecule has 0 aromatic heterocycles.